The molecule has 0 aliphatic carbocycles. The molecule has 1 saturated heterocycles. The maximum Gasteiger partial charge on any atom is 0.288 e. The second-order valence-electron chi connectivity index (χ2n) is 7.35. The number of hydrogen-bond donors (Lipinski definition) is 1. The minimum Gasteiger partial charge on any atom is -0.351 e. The van der Waals surface area contributed by atoms with Gasteiger partial charge in [-0.15, -0.1) is 5.10 Å². The van der Waals surface area contributed by atoms with Crippen LogP contribution >= 0.6 is 22.9 Å². The topological polar surface area (TPSA) is 79.6 Å². The standard InChI is InChI=1S/C20H22ClN5O2S/c1-13-5-4-10-25(12-13)20-24-26-18(28)15(11-23-19(26)29-20)17(27)22-9-8-14-6-2-3-7-16(14)21/h2-3,6-7,11,13H,4-5,8-10,12H2,1H3,(H,22,27). The van der Waals surface area contributed by atoms with Crippen molar-refractivity contribution in [1.82, 2.24) is 19.9 Å². The Morgan fingerprint density at radius 2 is 2.21 bits per heavy atom. The molecule has 0 spiro atoms. The van der Waals surface area contributed by atoms with E-state index in [4.69, 9.17) is 11.6 Å². The average molecular weight is 432 g/mol. The molecule has 4 rings (SSSR count). The molecule has 1 N–H and O–H groups in total. The number of nitrogens with one attached hydrogen (secondary N) is 1. The molecule has 1 atom stereocenters. The average Bonchev–Trinajstić information content (AvgIpc) is 3.15. The van der Waals surface area contributed by atoms with Gasteiger partial charge in [0, 0.05) is 30.9 Å². The van der Waals surface area contributed by atoms with Gasteiger partial charge in [-0.05, 0) is 36.8 Å². The van der Waals surface area contributed by atoms with Gasteiger partial charge >= 0.3 is 0 Å². The van der Waals surface area contributed by atoms with Crippen molar-refractivity contribution >= 4 is 38.9 Å². The third-order valence-corrected chi connectivity index (χ3v) is 6.44. The van der Waals surface area contributed by atoms with Crippen LogP contribution in [0.2, 0.25) is 5.02 Å². The van der Waals surface area contributed by atoms with Crippen molar-refractivity contribution in [3.05, 3.63) is 57.0 Å². The second-order valence-corrected chi connectivity index (χ2v) is 8.69. The summed E-state index contributed by atoms with van der Waals surface area (Å²) in [6.45, 7) is 4.44. The Hall–Kier alpha value is -2.45. The molecule has 3 heterocycles. The van der Waals surface area contributed by atoms with E-state index >= 15 is 0 Å². The lowest BCUT2D eigenvalue weighted by molar-refractivity contribution is 0.0952. The summed E-state index contributed by atoms with van der Waals surface area (Å²) in [5.41, 5.74) is 0.489. The fourth-order valence-corrected chi connectivity index (χ4v) is 4.66. The third kappa shape index (κ3) is 4.28. The Morgan fingerprint density at radius 3 is 3.00 bits per heavy atom. The second kappa shape index (κ2) is 8.51. The highest BCUT2D eigenvalue weighted by Crippen LogP contribution is 2.26. The molecule has 9 heteroatoms. The van der Waals surface area contributed by atoms with Crippen LogP contribution in [-0.2, 0) is 6.42 Å². The van der Waals surface area contributed by atoms with Gasteiger partial charge in [0.15, 0.2) is 0 Å². The van der Waals surface area contributed by atoms with Crippen LogP contribution in [0.5, 0.6) is 0 Å². The van der Waals surface area contributed by atoms with Crippen LogP contribution in [0.4, 0.5) is 5.13 Å². The van der Waals surface area contributed by atoms with E-state index in [-0.39, 0.29) is 5.56 Å². The zero-order chi connectivity index (χ0) is 20.4. The molecular formula is C20H22ClN5O2S. The molecule has 1 unspecified atom stereocenters. The monoisotopic (exact) mass is 431 g/mol. The van der Waals surface area contributed by atoms with Gasteiger partial charge in [-0.2, -0.15) is 4.52 Å². The zero-order valence-corrected chi connectivity index (χ0v) is 17.7. The summed E-state index contributed by atoms with van der Waals surface area (Å²) in [6.07, 6.45) is 4.23. The van der Waals surface area contributed by atoms with Crippen LogP contribution < -0.4 is 15.8 Å². The van der Waals surface area contributed by atoms with Crippen LogP contribution in [0, 0.1) is 5.92 Å². The number of amides is 1. The van der Waals surface area contributed by atoms with Gasteiger partial charge in [0.05, 0.1) is 0 Å². The summed E-state index contributed by atoms with van der Waals surface area (Å²) >= 11 is 7.51. The molecule has 1 aliphatic rings. The van der Waals surface area contributed by atoms with Gasteiger partial charge in [0.1, 0.15) is 5.56 Å². The highest BCUT2D eigenvalue weighted by atomic mass is 35.5. The molecule has 0 bridgehead atoms. The van der Waals surface area contributed by atoms with E-state index < -0.39 is 11.5 Å². The summed E-state index contributed by atoms with van der Waals surface area (Å²) in [5.74, 6) is 0.144. The van der Waals surface area contributed by atoms with E-state index in [1.165, 1.54) is 28.5 Å². The minimum absolute atomic E-state index is 0.00878. The number of fused-ring (bicyclic) bond motifs is 1. The highest BCUT2D eigenvalue weighted by molar-refractivity contribution is 7.20. The number of hydrogen-bond acceptors (Lipinski definition) is 6. The van der Waals surface area contributed by atoms with E-state index in [9.17, 15) is 9.59 Å². The smallest absolute Gasteiger partial charge is 0.288 e. The summed E-state index contributed by atoms with van der Waals surface area (Å²) < 4.78 is 1.24. The number of benzene rings is 1. The summed E-state index contributed by atoms with van der Waals surface area (Å²) in [4.78, 5) is 32.3. The van der Waals surface area contributed by atoms with Gasteiger partial charge in [-0.1, -0.05) is 48.1 Å². The number of aromatic nitrogens is 3. The molecule has 152 valence electrons. The molecule has 1 aromatic carbocycles. The van der Waals surface area contributed by atoms with Gasteiger partial charge < -0.3 is 10.2 Å². The number of rotatable bonds is 5. The van der Waals surface area contributed by atoms with Crippen molar-refractivity contribution in [3.63, 3.8) is 0 Å². The number of nitrogens with zero attached hydrogens (tertiary/aromatic N) is 4. The summed E-state index contributed by atoms with van der Waals surface area (Å²) in [6, 6.07) is 7.48. The summed E-state index contributed by atoms with van der Waals surface area (Å²) in [5, 5.41) is 8.65. The van der Waals surface area contributed by atoms with E-state index in [1.54, 1.807) is 0 Å². The Balaban J connectivity index is 1.49. The van der Waals surface area contributed by atoms with E-state index in [2.05, 4.69) is 27.2 Å². The van der Waals surface area contributed by atoms with Gasteiger partial charge in [-0.3, -0.25) is 9.59 Å². The maximum absolute atomic E-state index is 12.8. The van der Waals surface area contributed by atoms with Crippen molar-refractivity contribution < 1.29 is 4.79 Å². The molecule has 29 heavy (non-hydrogen) atoms. The number of anilines is 1. The number of halogens is 1. The van der Waals surface area contributed by atoms with E-state index in [0.717, 1.165) is 30.2 Å². The largest absolute Gasteiger partial charge is 0.351 e. The molecule has 1 aliphatic heterocycles. The van der Waals surface area contributed by atoms with E-state index in [1.807, 2.05) is 24.3 Å². The van der Waals surface area contributed by atoms with Crippen molar-refractivity contribution in [1.29, 1.82) is 0 Å². The molecule has 1 amide bonds. The molecule has 3 aromatic rings. The van der Waals surface area contributed by atoms with Gasteiger partial charge in [-0.25, -0.2) is 4.98 Å². The van der Waals surface area contributed by atoms with Crippen molar-refractivity contribution in [3.8, 4) is 0 Å². The predicted octanol–water partition coefficient (Wildman–Crippen LogP) is 3.01. The Bertz CT molecular complexity index is 1100. The number of carbonyl (C=O) groups excluding carboxylic acids is 1. The Kier molecular flexibility index (Phi) is 5.82. The number of carbonyl (C=O) groups is 1. The van der Waals surface area contributed by atoms with Crippen LogP contribution in [-0.4, -0.2) is 40.1 Å². The first kappa shape index (κ1) is 19.8. The fourth-order valence-electron chi connectivity index (χ4n) is 3.53. The third-order valence-electron chi connectivity index (χ3n) is 5.09. The van der Waals surface area contributed by atoms with Crippen molar-refractivity contribution in [2.45, 2.75) is 26.2 Å². The molecule has 2 aromatic heterocycles. The quantitative estimate of drug-likeness (QED) is 0.671. The molecular weight excluding hydrogens is 410 g/mol. The first-order chi connectivity index (χ1) is 14.0. The maximum atomic E-state index is 12.8. The molecule has 1 fully saturated rings. The van der Waals surface area contributed by atoms with Crippen LogP contribution in [0.3, 0.4) is 0 Å². The van der Waals surface area contributed by atoms with Crippen LogP contribution in [0.25, 0.3) is 4.96 Å². The number of piperidine rings is 1. The van der Waals surface area contributed by atoms with Crippen molar-refractivity contribution in [2.75, 3.05) is 24.5 Å². The minimum atomic E-state index is -0.454. The zero-order valence-electron chi connectivity index (χ0n) is 16.1. The lowest BCUT2D eigenvalue weighted by Gasteiger charge is -2.30. The predicted molar refractivity (Wildman–Crippen MR) is 115 cm³/mol. The fraction of sp³-hybridized carbons (Fsp3) is 0.400. The molecule has 0 radical (unpaired) electrons. The first-order valence-electron chi connectivity index (χ1n) is 9.68. The lowest BCUT2D eigenvalue weighted by atomic mass is 10.0. The Labute approximate surface area is 177 Å². The van der Waals surface area contributed by atoms with E-state index in [0.29, 0.717) is 28.9 Å². The first-order valence-corrected chi connectivity index (χ1v) is 10.9. The highest BCUT2D eigenvalue weighted by Gasteiger charge is 2.22. The van der Waals surface area contributed by atoms with Gasteiger partial charge in [0.2, 0.25) is 10.1 Å². The molecule has 0 saturated carbocycles. The summed E-state index contributed by atoms with van der Waals surface area (Å²) in [7, 11) is 0. The molecule has 7 nitrogen and oxygen atoms in total. The van der Waals surface area contributed by atoms with Crippen molar-refractivity contribution in [2.24, 2.45) is 5.92 Å². The van der Waals surface area contributed by atoms with Crippen LogP contribution in [0.1, 0.15) is 35.7 Å². The lowest BCUT2D eigenvalue weighted by Crippen LogP contribution is -2.35. The Morgan fingerprint density at radius 1 is 1.38 bits per heavy atom. The van der Waals surface area contributed by atoms with Gasteiger partial charge in [0.25, 0.3) is 11.5 Å². The normalized spacial score (nSPS) is 16.9. The SMILES string of the molecule is CC1CCCN(c2nn3c(=O)c(C(=O)NCCc4ccccc4Cl)cnc3s2)C1. The van der Waals surface area contributed by atoms with Crippen LogP contribution in [0.15, 0.2) is 35.3 Å².